The molecule has 2 aliphatic heterocycles. The fraction of sp³-hybridized carbons (Fsp3) is 0.923. The summed E-state index contributed by atoms with van der Waals surface area (Å²) in [6, 6.07) is 0. The Balaban J connectivity index is 1.83. The lowest BCUT2D eigenvalue weighted by molar-refractivity contribution is -0.138. The quantitative estimate of drug-likeness (QED) is 0.764. The molecule has 1 atom stereocenters. The number of hydrogen-bond acceptors (Lipinski definition) is 3. The van der Waals surface area contributed by atoms with Gasteiger partial charge in [0.25, 0.3) is 0 Å². The first-order valence-electron chi connectivity index (χ1n) is 6.88. The summed E-state index contributed by atoms with van der Waals surface area (Å²) in [6.45, 7) is 4.69. The lowest BCUT2D eigenvalue weighted by atomic mass is 9.93. The molecule has 0 bridgehead atoms. The number of amides is 1. The van der Waals surface area contributed by atoms with Crippen LogP contribution in [0.3, 0.4) is 0 Å². The molecule has 0 aliphatic carbocycles. The number of rotatable bonds is 2. The van der Waals surface area contributed by atoms with Gasteiger partial charge in [0.15, 0.2) is 0 Å². The van der Waals surface area contributed by atoms with E-state index in [-0.39, 0.29) is 5.92 Å². The Morgan fingerprint density at radius 1 is 1.24 bits per heavy atom. The molecule has 0 aromatic carbocycles. The van der Waals surface area contributed by atoms with Crippen molar-refractivity contribution in [2.75, 3.05) is 39.8 Å². The molecule has 0 spiro atoms. The summed E-state index contributed by atoms with van der Waals surface area (Å²) < 4.78 is 0. The molecule has 2 saturated heterocycles. The van der Waals surface area contributed by atoms with Crippen molar-refractivity contribution in [3.05, 3.63) is 0 Å². The summed E-state index contributed by atoms with van der Waals surface area (Å²) in [5.74, 6) is 1.25. The normalized spacial score (nSPS) is 28.4. The van der Waals surface area contributed by atoms with Crippen molar-refractivity contribution in [2.24, 2.45) is 17.6 Å². The van der Waals surface area contributed by atoms with Gasteiger partial charge in [0.2, 0.25) is 5.91 Å². The molecule has 2 N–H and O–H groups in total. The highest BCUT2D eigenvalue weighted by Gasteiger charge is 2.30. The van der Waals surface area contributed by atoms with Gasteiger partial charge in [0.05, 0.1) is 5.92 Å². The molecule has 1 unspecified atom stereocenters. The number of piperidine rings is 2. The van der Waals surface area contributed by atoms with Gasteiger partial charge in [-0.2, -0.15) is 0 Å². The number of carbonyl (C=O) groups excluding carboxylic acids is 1. The van der Waals surface area contributed by atoms with Crippen LogP contribution in [-0.2, 0) is 4.79 Å². The van der Waals surface area contributed by atoms with Gasteiger partial charge in [-0.3, -0.25) is 4.79 Å². The third-order valence-corrected chi connectivity index (χ3v) is 4.23. The fourth-order valence-corrected chi connectivity index (χ4v) is 3.02. The summed E-state index contributed by atoms with van der Waals surface area (Å²) in [5.41, 5.74) is 5.68. The summed E-state index contributed by atoms with van der Waals surface area (Å²) in [6.07, 6.45) is 4.40. The highest BCUT2D eigenvalue weighted by molar-refractivity contribution is 5.79. The van der Waals surface area contributed by atoms with Crippen molar-refractivity contribution in [3.8, 4) is 0 Å². The second kappa shape index (κ2) is 5.83. The van der Waals surface area contributed by atoms with E-state index in [2.05, 4.69) is 16.8 Å². The Morgan fingerprint density at radius 2 is 1.94 bits per heavy atom. The fourth-order valence-electron chi connectivity index (χ4n) is 3.02. The van der Waals surface area contributed by atoms with Gasteiger partial charge in [-0.05, 0) is 51.7 Å². The van der Waals surface area contributed by atoms with Gasteiger partial charge >= 0.3 is 0 Å². The molecule has 17 heavy (non-hydrogen) atoms. The van der Waals surface area contributed by atoms with Crippen LogP contribution in [-0.4, -0.2) is 55.5 Å². The van der Waals surface area contributed by atoms with Crippen molar-refractivity contribution in [2.45, 2.75) is 25.7 Å². The van der Waals surface area contributed by atoms with E-state index in [4.69, 9.17) is 5.73 Å². The summed E-state index contributed by atoms with van der Waals surface area (Å²) in [4.78, 5) is 16.7. The molecule has 1 amide bonds. The molecule has 0 aromatic rings. The van der Waals surface area contributed by atoms with Crippen molar-refractivity contribution in [3.63, 3.8) is 0 Å². The van der Waals surface area contributed by atoms with Crippen LogP contribution in [0, 0.1) is 11.8 Å². The summed E-state index contributed by atoms with van der Waals surface area (Å²) in [5, 5.41) is 0. The third kappa shape index (κ3) is 3.19. The maximum absolute atomic E-state index is 12.4. The minimum absolute atomic E-state index is 0.239. The van der Waals surface area contributed by atoms with E-state index >= 15 is 0 Å². The average molecular weight is 239 g/mol. The largest absolute Gasteiger partial charge is 0.342 e. The van der Waals surface area contributed by atoms with Crippen molar-refractivity contribution >= 4 is 5.91 Å². The second-order valence-electron chi connectivity index (χ2n) is 5.61. The zero-order valence-corrected chi connectivity index (χ0v) is 10.9. The molecule has 4 heteroatoms. The van der Waals surface area contributed by atoms with E-state index < -0.39 is 0 Å². The smallest absolute Gasteiger partial charge is 0.226 e. The first-order valence-corrected chi connectivity index (χ1v) is 6.88. The van der Waals surface area contributed by atoms with Gasteiger partial charge in [-0.1, -0.05) is 0 Å². The monoisotopic (exact) mass is 239 g/mol. The van der Waals surface area contributed by atoms with Crippen LogP contribution in [0.25, 0.3) is 0 Å². The summed E-state index contributed by atoms with van der Waals surface area (Å²) in [7, 11) is 2.11. The standard InChI is InChI=1S/C13H25N3O/c1-15-6-2-3-12(10-15)13(17)16-7-4-11(9-14)5-8-16/h11-12H,2-10,14H2,1H3. The minimum atomic E-state index is 0.239. The molecule has 2 rings (SSSR count). The third-order valence-electron chi connectivity index (χ3n) is 4.23. The van der Waals surface area contributed by atoms with Gasteiger partial charge < -0.3 is 15.5 Å². The van der Waals surface area contributed by atoms with Crippen LogP contribution >= 0.6 is 0 Å². The number of nitrogens with two attached hydrogens (primary N) is 1. The minimum Gasteiger partial charge on any atom is -0.342 e. The van der Waals surface area contributed by atoms with Crippen LogP contribution in [0.1, 0.15) is 25.7 Å². The Hall–Kier alpha value is -0.610. The molecule has 0 saturated carbocycles. The number of likely N-dealkylation sites (tertiary alicyclic amines) is 2. The van der Waals surface area contributed by atoms with Gasteiger partial charge in [-0.15, -0.1) is 0 Å². The molecular weight excluding hydrogens is 214 g/mol. The number of nitrogens with zero attached hydrogens (tertiary/aromatic N) is 2. The Kier molecular flexibility index (Phi) is 4.40. The molecule has 2 heterocycles. The van der Waals surface area contributed by atoms with Crippen molar-refractivity contribution < 1.29 is 4.79 Å². The lowest BCUT2D eigenvalue weighted by Gasteiger charge is -2.36. The molecule has 98 valence electrons. The summed E-state index contributed by atoms with van der Waals surface area (Å²) >= 11 is 0. The Bertz CT molecular complexity index is 261. The van der Waals surface area contributed by atoms with E-state index in [9.17, 15) is 4.79 Å². The molecular formula is C13H25N3O. The van der Waals surface area contributed by atoms with E-state index in [0.717, 1.165) is 58.4 Å². The van der Waals surface area contributed by atoms with Crippen LogP contribution in [0.15, 0.2) is 0 Å². The second-order valence-corrected chi connectivity index (χ2v) is 5.61. The predicted octanol–water partition coefficient (Wildman–Crippen LogP) is 0.526. The average Bonchev–Trinajstić information content (AvgIpc) is 2.38. The first-order chi connectivity index (χ1) is 8.20. The maximum Gasteiger partial charge on any atom is 0.226 e. The first kappa shape index (κ1) is 12.8. The van der Waals surface area contributed by atoms with Gasteiger partial charge in [0.1, 0.15) is 0 Å². The number of carbonyl (C=O) groups is 1. The van der Waals surface area contributed by atoms with E-state index in [1.165, 1.54) is 0 Å². The van der Waals surface area contributed by atoms with Crippen LogP contribution in [0.5, 0.6) is 0 Å². The molecule has 0 radical (unpaired) electrons. The SMILES string of the molecule is CN1CCCC(C(=O)N2CCC(CN)CC2)C1. The Morgan fingerprint density at radius 3 is 2.53 bits per heavy atom. The highest BCUT2D eigenvalue weighted by Crippen LogP contribution is 2.22. The van der Waals surface area contributed by atoms with E-state index in [1.807, 2.05) is 0 Å². The van der Waals surface area contributed by atoms with E-state index in [1.54, 1.807) is 0 Å². The van der Waals surface area contributed by atoms with Crippen LogP contribution in [0.4, 0.5) is 0 Å². The van der Waals surface area contributed by atoms with E-state index in [0.29, 0.717) is 11.8 Å². The van der Waals surface area contributed by atoms with Gasteiger partial charge in [-0.25, -0.2) is 0 Å². The zero-order chi connectivity index (χ0) is 12.3. The molecule has 4 nitrogen and oxygen atoms in total. The zero-order valence-electron chi connectivity index (χ0n) is 10.9. The Labute approximate surface area is 104 Å². The maximum atomic E-state index is 12.4. The van der Waals surface area contributed by atoms with Crippen LogP contribution in [0.2, 0.25) is 0 Å². The molecule has 2 fully saturated rings. The van der Waals surface area contributed by atoms with Gasteiger partial charge in [0, 0.05) is 19.6 Å². The highest BCUT2D eigenvalue weighted by atomic mass is 16.2. The van der Waals surface area contributed by atoms with Crippen LogP contribution < -0.4 is 5.73 Å². The predicted molar refractivity (Wildman–Crippen MR) is 68.6 cm³/mol. The molecule has 2 aliphatic rings. The topological polar surface area (TPSA) is 49.6 Å². The lowest BCUT2D eigenvalue weighted by Crippen LogP contribution is -2.47. The molecule has 0 aromatic heterocycles. The van der Waals surface area contributed by atoms with Crippen molar-refractivity contribution in [1.82, 2.24) is 9.80 Å². The number of hydrogen-bond donors (Lipinski definition) is 1. The van der Waals surface area contributed by atoms with Crippen molar-refractivity contribution in [1.29, 1.82) is 0 Å².